The van der Waals surface area contributed by atoms with E-state index in [9.17, 15) is 8.78 Å². The molecule has 1 nitrogen and oxygen atoms in total. The van der Waals surface area contributed by atoms with Crippen LogP contribution in [0.15, 0.2) is 24.3 Å². The number of alkyl halides is 2. The first-order chi connectivity index (χ1) is 7.22. The minimum Gasteiger partial charge on any atom is -0.435 e. The second kappa shape index (κ2) is 6.31. The summed E-state index contributed by atoms with van der Waals surface area (Å²) < 4.78 is 27.8. The molecular formula is C11H10F2OS. The van der Waals surface area contributed by atoms with Crippen molar-refractivity contribution in [3.63, 3.8) is 0 Å². The van der Waals surface area contributed by atoms with Crippen LogP contribution < -0.4 is 4.74 Å². The summed E-state index contributed by atoms with van der Waals surface area (Å²) in [6, 6.07) is 6.22. The molecule has 1 aromatic carbocycles. The van der Waals surface area contributed by atoms with Crippen molar-refractivity contribution in [2.45, 2.75) is 13.0 Å². The minimum atomic E-state index is -2.79. The Bertz CT molecular complexity index is 351. The monoisotopic (exact) mass is 228 g/mol. The highest BCUT2D eigenvalue weighted by atomic mass is 32.1. The van der Waals surface area contributed by atoms with Crippen molar-refractivity contribution in [3.05, 3.63) is 29.8 Å². The summed E-state index contributed by atoms with van der Waals surface area (Å²) >= 11 is 4.02. The van der Waals surface area contributed by atoms with Crippen molar-refractivity contribution >= 4 is 12.6 Å². The Labute approximate surface area is 92.9 Å². The van der Waals surface area contributed by atoms with Gasteiger partial charge in [0.2, 0.25) is 0 Å². The summed E-state index contributed by atoms with van der Waals surface area (Å²) in [5.41, 5.74) is 0.776. The third-order valence-electron chi connectivity index (χ3n) is 1.55. The van der Waals surface area contributed by atoms with E-state index in [2.05, 4.69) is 29.2 Å². The fourth-order valence-corrected chi connectivity index (χ4v) is 1.05. The first-order valence-corrected chi connectivity index (χ1v) is 5.00. The first-order valence-electron chi connectivity index (χ1n) is 4.37. The van der Waals surface area contributed by atoms with Gasteiger partial charge in [-0.2, -0.15) is 21.4 Å². The van der Waals surface area contributed by atoms with Crippen molar-refractivity contribution < 1.29 is 13.5 Å². The molecule has 0 aromatic heterocycles. The van der Waals surface area contributed by atoms with Crippen LogP contribution in [0.25, 0.3) is 0 Å². The predicted molar refractivity (Wildman–Crippen MR) is 58.4 cm³/mol. The molecule has 0 heterocycles. The number of hydrogen-bond acceptors (Lipinski definition) is 2. The van der Waals surface area contributed by atoms with E-state index in [-0.39, 0.29) is 5.75 Å². The lowest BCUT2D eigenvalue weighted by molar-refractivity contribution is -0.0498. The molecule has 0 saturated heterocycles. The average molecular weight is 228 g/mol. The van der Waals surface area contributed by atoms with Gasteiger partial charge in [0.15, 0.2) is 0 Å². The second-order valence-corrected chi connectivity index (χ2v) is 3.13. The van der Waals surface area contributed by atoms with Crippen LogP contribution >= 0.6 is 12.6 Å². The standard InChI is InChI=1S/C11H10F2OS/c12-11(13)14-10-6-4-9(5-7-10)3-1-2-8-15/h4-7,11,15H,2,8H2. The van der Waals surface area contributed by atoms with Crippen molar-refractivity contribution in [2.24, 2.45) is 0 Å². The Kier molecular flexibility index (Phi) is 4.99. The predicted octanol–water partition coefficient (Wildman–Crippen LogP) is 2.96. The highest BCUT2D eigenvalue weighted by molar-refractivity contribution is 7.80. The highest BCUT2D eigenvalue weighted by Gasteiger charge is 2.02. The number of thiol groups is 1. The lowest BCUT2D eigenvalue weighted by Gasteiger charge is -2.02. The van der Waals surface area contributed by atoms with E-state index in [0.717, 1.165) is 5.56 Å². The fraction of sp³-hybridized carbons (Fsp3) is 0.273. The third-order valence-corrected chi connectivity index (χ3v) is 1.77. The topological polar surface area (TPSA) is 9.23 Å². The van der Waals surface area contributed by atoms with Gasteiger partial charge in [-0.3, -0.25) is 0 Å². The van der Waals surface area contributed by atoms with Crippen LogP contribution in [0.4, 0.5) is 8.78 Å². The van der Waals surface area contributed by atoms with Crippen LogP contribution in [0.5, 0.6) is 5.75 Å². The zero-order chi connectivity index (χ0) is 11.1. The number of halogens is 2. The third kappa shape index (κ3) is 4.71. The molecule has 0 atom stereocenters. The molecule has 80 valence electrons. The van der Waals surface area contributed by atoms with E-state index in [0.29, 0.717) is 12.2 Å². The maximum atomic E-state index is 11.8. The molecule has 0 bridgehead atoms. The van der Waals surface area contributed by atoms with Gasteiger partial charge in [-0.15, -0.1) is 0 Å². The number of hydrogen-bond donors (Lipinski definition) is 1. The molecule has 0 radical (unpaired) electrons. The summed E-state index contributed by atoms with van der Waals surface area (Å²) in [6.07, 6.45) is 0.707. The molecule has 0 unspecified atom stereocenters. The highest BCUT2D eigenvalue weighted by Crippen LogP contribution is 2.14. The Morgan fingerprint density at radius 2 is 1.93 bits per heavy atom. The summed E-state index contributed by atoms with van der Waals surface area (Å²) in [4.78, 5) is 0. The van der Waals surface area contributed by atoms with Gasteiger partial charge in [0, 0.05) is 17.7 Å². The van der Waals surface area contributed by atoms with E-state index < -0.39 is 6.61 Å². The van der Waals surface area contributed by atoms with Gasteiger partial charge in [-0.1, -0.05) is 11.8 Å². The van der Waals surface area contributed by atoms with E-state index in [1.165, 1.54) is 12.1 Å². The molecular weight excluding hydrogens is 218 g/mol. The molecule has 4 heteroatoms. The van der Waals surface area contributed by atoms with Crippen molar-refractivity contribution in [1.29, 1.82) is 0 Å². The smallest absolute Gasteiger partial charge is 0.387 e. The zero-order valence-electron chi connectivity index (χ0n) is 7.91. The van der Waals surface area contributed by atoms with Crippen LogP contribution in [0.3, 0.4) is 0 Å². The van der Waals surface area contributed by atoms with E-state index in [1.54, 1.807) is 12.1 Å². The molecule has 0 amide bonds. The summed E-state index contributed by atoms with van der Waals surface area (Å²) in [5.74, 6) is 6.63. The Morgan fingerprint density at radius 1 is 1.27 bits per heavy atom. The van der Waals surface area contributed by atoms with Crippen LogP contribution in [-0.4, -0.2) is 12.4 Å². The van der Waals surface area contributed by atoms with Gasteiger partial charge in [-0.05, 0) is 24.3 Å². The quantitative estimate of drug-likeness (QED) is 0.618. The van der Waals surface area contributed by atoms with E-state index in [4.69, 9.17) is 0 Å². The average Bonchev–Trinajstić information content (AvgIpc) is 2.20. The molecule has 0 aliphatic heterocycles. The molecule has 0 aliphatic carbocycles. The van der Waals surface area contributed by atoms with Crippen LogP contribution in [0.2, 0.25) is 0 Å². The number of ether oxygens (including phenoxy) is 1. The fourth-order valence-electron chi connectivity index (χ4n) is 0.940. The van der Waals surface area contributed by atoms with Gasteiger partial charge in [0.05, 0.1) is 0 Å². The van der Waals surface area contributed by atoms with Gasteiger partial charge in [-0.25, -0.2) is 0 Å². The Hall–Kier alpha value is -1.21. The summed E-state index contributed by atoms with van der Waals surface area (Å²) in [5, 5.41) is 0. The van der Waals surface area contributed by atoms with Crippen molar-refractivity contribution in [1.82, 2.24) is 0 Å². The van der Waals surface area contributed by atoms with Crippen molar-refractivity contribution in [2.75, 3.05) is 5.75 Å². The molecule has 0 spiro atoms. The normalized spacial score (nSPS) is 9.60. The zero-order valence-corrected chi connectivity index (χ0v) is 8.81. The lowest BCUT2D eigenvalue weighted by atomic mass is 10.2. The van der Waals surface area contributed by atoms with Gasteiger partial charge >= 0.3 is 6.61 Å². The number of rotatable bonds is 3. The van der Waals surface area contributed by atoms with Crippen LogP contribution in [-0.2, 0) is 0 Å². The molecule has 15 heavy (non-hydrogen) atoms. The summed E-state index contributed by atoms with van der Waals surface area (Å²) in [6.45, 7) is -2.79. The Morgan fingerprint density at radius 3 is 2.47 bits per heavy atom. The molecule has 0 fully saturated rings. The van der Waals surface area contributed by atoms with Gasteiger partial charge < -0.3 is 4.74 Å². The Balaban J connectivity index is 2.61. The maximum Gasteiger partial charge on any atom is 0.387 e. The SMILES string of the molecule is FC(F)Oc1ccc(C#CCCS)cc1. The number of benzene rings is 1. The first kappa shape index (κ1) is 11.9. The van der Waals surface area contributed by atoms with E-state index >= 15 is 0 Å². The van der Waals surface area contributed by atoms with Crippen molar-refractivity contribution in [3.8, 4) is 17.6 Å². The van der Waals surface area contributed by atoms with Gasteiger partial charge in [0.1, 0.15) is 5.75 Å². The molecule has 0 aliphatic rings. The maximum absolute atomic E-state index is 11.8. The summed E-state index contributed by atoms with van der Waals surface area (Å²) in [7, 11) is 0. The van der Waals surface area contributed by atoms with Gasteiger partial charge in [0.25, 0.3) is 0 Å². The van der Waals surface area contributed by atoms with Crippen LogP contribution in [0, 0.1) is 11.8 Å². The molecule has 0 N–H and O–H groups in total. The lowest BCUT2D eigenvalue weighted by Crippen LogP contribution is -2.01. The van der Waals surface area contributed by atoms with E-state index in [1.807, 2.05) is 0 Å². The second-order valence-electron chi connectivity index (χ2n) is 2.68. The molecule has 1 rings (SSSR count). The molecule has 0 saturated carbocycles. The molecule has 1 aromatic rings. The van der Waals surface area contributed by atoms with Crippen LogP contribution in [0.1, 0.15) is 12.0 Å². The minimum absolute atomic E-state index is 0.143. The largest absolute Gasteiger partial charge is 0.435 e.